The molecule has 3 N–H and O–H groups in total. The summed E-state index contributed by atoms with van der Waals surface area (Å²) in [6, 6.07) is 8.26. The maximum Gasteiger partial charge on any atom is 0.0456 e. The Kier molecular flexibility index (Phi) is 2.81. The van der Waals surface area contributed by atoms with Crippen molar-refractivity contribution in [2.45, 2.75) is 12.8 Å². The van der Waals surface area contributed by atoms with Gasteiger partial charge in [0.1, 0.15) is 0 Å². The SMILES string of the molecule is ONCCCc1c[nH]c2ccccc12. The minimum atomic E-state index is 0.638. The number of fused-ring (bicyclic) bond motifs is 1. The topological polar surface area (TPSA) is 48.0 Å². The first-order valence-corrected chi connectivity index (χ1v) is 4.84. The molecule has 0 saturated carbocycles. The third kappa shape index (κ3) is 1.78. The van der Waals surface area contributed by atoms with Crippen LogP contribution in [-0.4, -0.2) is 16.7 Å². The van der Waals surface area contributed by atoms with E-state index in [0.717, 1.165) is 12.8 Å². The lowest BCUT2D eigenvalue weighted by atomic mass is 10.1. The zero-order chi connectivity index (χ0) is 9.80. The van der Waals surface area contributed by atoms with Gasteiger partial charge in [0.15, 0.2) is 0 Å². The predicted octanol–water partition coefficient (Wildman–Crippen LogP) is 2.08. The van der Waals surface area contributed by atoms with Crippen LogP contribution >= 0.6 is 0 Å². The highest BCUT2D eigenvalue weighted by molar-refractivity contribution is 5.82. The van der Waals surface area contributed by atoms with Gasteiger partial charge in [0.05, 0.1) is 0 Å². The van der Waals surface area contributed by atoms with Crippen molar-refractivity contribution in [1.29, 1.82) is 0 Å². The van der Waals surface area contributed by atoms with E-state index in [1.165, 1.54) is 16.5 Å². The fourth-order valence-electron chi connectivity index (χ4n) is 1.70. The zero-order valence-electron chi connectivity index (χ0n) is 7.96. The molecule has 3 nitrogen and oxygen atoms in total. The van der Waals surface area contributed by atoms with Gasteiger partial charge < -0.3 is 10.2 Å². The summed E-state index contributed by atoms with van der Waals surface area (Å²) in [4.78, 5) is 3.23. The Balaban J connectivity index is 2.17. The van der Waals surface area contributed by atoms with Crippen LogP contribution in [0.3, 0.4) is 0 Å². The Morgan fingerprint density at radius 3 is 3.00 bits per heavy atom. The predicted molar refractivity (Wildman–Crippen MR) is 56.4 cm³/mol. The smallest absolute Gasteiger partial charge is 0.0456 e. The van der Waals surface area contributed by atoms with Gasteiger partial charge in [0.2, 0.25) is 0 Å². The molecule has 0 atom stereocenters. The van der Waals surface area contributed by atoms with E-state index in [4.69, 9.17) is 5.21 Å². The minimum absolute atomic E-state index is 0.638. The Hall–Kier alpha value is -1.32. The normalized spacial score (nSPS) is 10.9. The molecule has 0 bridgehead atoms. The number of hydroxylamine groups is 1. The number of aromatic amines is 1. The van der Waals surface area contributed by atoms with Crippen LogP contribution in [0.15, 0.2) is 30.5 Å². The first-order valence-electron chi connectivity index (χ1n) is 4.84. The van der Waals surface area contributed by atoms with Crippen LogP contribution in [0.2, 0.25) is 0 Å². The van der Waals surface area contributed by atoms with Gasteiger partial charge in [-0.25, -0.2) is 5.48 Å². The van der Waals surface area contributed by atoms with E-state index in [2.05, 4.69) is 22.6 Å². The van der Waals surface area contributed by atoms with Crippen molar-refractivity contribution >= 4 is 10.9 Å². The molecule has 1 aromatic carbocycles. The Morgan fingerprint density at radius 1 is 1.29 bits per heavy atom. The highest BCUT2D eigenvalue weighted by Crippen LogP contribution is 2.18. The third-order valence-corrected chi connectivity index (χ3v) is 2.41. The van der Waals surface area contributed by atoms with Gasteiger partial charge in [-0.15, -0.1) is 0 Å². The van der Waals surface area contributed by atoms with Crippen LogP contribution in [0, 0.1) is 0 Å². The average Bonchev–Trinajstić information content (AvgIpc) is 2.63. The van der Waals surface area contributed by atoms with E-state index in [1.807, 2.05) is 18.3 Å². The molecular weight excluding hydrogens is 176 g/mol. The maximum absolute atomic E-state index is 8.45. The standard InChI is InChI=1S/C11H14N2O/c14-13-7-3-4-9-8-12-11-6-2-1-5-10(9)11/h1-2,5-6,8,12-14H,3-4,7H2. The number of aromatic nitrogens is 1. The van der Waals surface area contributed by atoms with E-state index >= 15 is 0 Å². The number of hydrogen-bond acceptors (Lipinski definition) is 2. The van der Waals surface area contributed by atoms with Gasteiger partial charge in [-0.1, -0.05) is 18.2 Å². The summed E-state index contributed by atoms with van der Waals surface area (Å²) >= 11 is 0. The molecular formula is C11H14N2O. The number of para-hydroxylation sites is 1. The molecule has 3 heteroatoms. The molecule has 1 heterocycles. The summed E-state index contributed by atoms with van der Waals surface area (Å²) in [5.74, 6) is 0. The lowest BCUT2D eigenvalue weighted by Gasteiger charge is -1.98. The van der Waals surface area contributed by atoms with Gasteiger partial charge in [0, 0.05) is 23.6 Å². The molecule has 74 valence electrons. The second kappa shape index (κ2) is 4.26. The van der Waals surface area contributed by atoms with Gasteiger partial charge in [-0.3, -0.25) is 0 Å². The fraction of sp³-hybridized carbons (Fsp3) is 0.273. The number of aryl methyl sites for hydroxylation is 1. The molecule has 0 amide bonds. The van der Waals surface area contributed by atoms with Crippen LogP contribution in [0.4, 0.5) is 0 Å². The van der Waals surface area contributed by atoms with Crippen molar-refractivity contribution in [1.82, 2.24) is 10.5 Å². The molecule has 0 spiro atoms. The van der Waals surface area contributed by atoms with Crippen molar-refractivity contribution in [2.75, 3.05) is 6.54 Å². The molecule has 2 aromatic rings. The van der Waals surface area contributed by atoms with E-state index < -0.39 is 0 Å². The van der Waals surface area contributed by atoms with Crippen LogP contribution < -0.4 is 5.48 Å². The van der Waals surface area contributed by atoms with E-state index in [1.54, 1.807) is 0 Å². The molecule has 0 unspecified atom stereocenters. The molecule has 0 fully saturated rings. The van der Waals surface area contributed by atoms with Crippen molar-refractivity contribution in [3.8, 4) is 0 Å². The fourth-order valence-corrected chi connectivity index (χ4v) is 1.70. The van der Waals surface area contributed by atoms with Crippen LogP contribution in [0.1, 0.15) is 12.0 Å². The summed E-state index contributed by atoms with van der Waals surface area (Å²) in [7, 11) is 0. The molecule has 14 heavy (non-hydrogen) atoms. The summed E-state index contributed by atoms with van der Waals surface area (Å²) in [6.07, 6.45) is 3.97. The average molecular weight is 190 g/mol. The van der Waals surface area contributed by atoms with Crippen molar-refractivity contribution < 1.29 is 5.21 Å². The highest BCUT2D eigenvalue weighted by atomic mass is 16.5. The van der Waals surface area contributed by atoms with Crippen LogP contribution in [0.5, 0.6) is 0 Å². The Labute approximate surface area is 82.7 Å². The molecule has 0 saturated heterocycles. The number of hydrogen-bond donors (Lipinski definition) is 3. The first kappa shape index (κ1) is 9.24. The molecule has 0 aliphatic carbocycles. The van der Waals surface area contributed by atoms with Crippen LogP contribution in [0.25, 0.3) is 10.9 Å². The summed E-state index contributed by atoms with van der Waals surface area (Å²) in [6.45, 7) is 0.638. The van der Waals surface area contributed by atoms with Crippen LogP contribution in [-0.2, 0) is 6.42 Å². The number of H-pyrrole nitrogens is 1. The third-order valence-electron chi connectivity index (χ3n) is 2.41. The lowest BCUT2D eigenvalue weighted by Crippen LogP contribution is -2.09. The molecule has 2 rings (SSSR count). The van der Waals surface area contributed by atoms with E-state index in [-0.39, 0.29) is 0 Å². The Morgan fingerprint density at radius 2 is 2.14 bits per heavy atom. The molecule has 0 aliphatic heterocycles. The molecule has 0 radical (unpaired) electrons. The molecule has 1 aromatic heterocycles. The summed E-state index contributed by atoms with van der Waals surface area (Å²) in [5, 5.41) is 9.73. The second-order valence-electron chi connectivity index (χ2n) is 3.37. The number of benzene rings is 1. The van der Waals surface area contributed by atoms with Crippen molar-refractivity contribution in [3.05, 3.63) is 36.0 Å². The maximum atomic E-state index is 8.45. The quantitative estimate of drug-likeness (QED) is 0.510. The highest BCUT2D eigenvalue weighted by Gasteiger charge is 2.01. The van der Waals surface area contributed by atoms with Gasteiger partial charge in [-0.2, -0.15) is 0 Å². The Bertz CT molecular complexity index is 408. The van der Waals surface area contributed by atoms with Gasteiger partial charge in [-0.05, 0) is 24.5 Å². The lowest BCUT2D eigenvalue weighted by molar-refractivity contribution is 0.166. The van der Waals surface area contributed by atoms with Crippen molar-refractivity contribution in [2.24, 2.45) is 0 Å². The monoisotopic (exact) mass is 190 g/mol. The van der Waals surface area contributed by atoms with Gasteiger partial charge >= 0.3 is 0 Å². The molecule has 0 aliphatic rings. The largest absolute Gasteiger partial charge is 0.361 e. The summed E-state index contributed by atoms with van der Waals surface area (Å²) < 4.78 is 0. The number of rotatable bonds is 4. The number of nitrogens with one attached hydrogen (secondary N) is 2. The van der Waals surface area contributed by atoms with E-state index in [0.29, 0.717) is 6.54 Å². The second-order valence-corrected chi connectivity index (χ2v) is 3.37. The van der Waals surface area contributed by atoms with E-state index in [9.17, 15) is 0 Å². The zero-order valence-corrected chi connectivity index (χ0v) is 7.96. The minimum Gasteiger partial charge on any atom is -0.361 e. The summed E-state index contributed by atoms with van der Waals surface area (Å²) in [5.41, 5.74) is 4.66. The first-order chi connectivity index (χ1) is 6.92. The van der Waals surface area contributed by atoms with Crippen molar-refractivity contribution in [3.63, 3.8) is 0 Å². The van der Waals surface area contributed by atoms with Gasteiger partial charge in [0.25, 0.3) is 0 Å².